The molecule has 1 fully saturated rings. The van der Waals surface area contributed by atoms with Crippen molar-refractivity contribution in [3.05, 3.63) is 54.6 Å². The van der Waals surface area contributed by atoms with Crippen molar-refractivity contribution in [2.75, 3.05) is 10.6 Å². The number of nitrogens with zero attached hydrogens (tertiary/aromatic N) is 4. The summed E-state index contributed by atoms with van der Waals surface area (Å²) >= 11 is 0. The topological polar surface area (TPSA) is 137 Å². The summed E-state index contributed by atoms with van der Waals surface area (Å²) in [7, 11) is 0. The Kier molecular flexibility index (Phi) is 5.39. The smallest absolute Gasteiger partial charge is 0.269 e. The molecule has 0 bridgehead atoms. The molecule has 0 aliphatic heterocycles. The zero-order chi connectivity index (χ0) is 20.2. The first-order valence-corrected chi connectivity index (χ1v) is 9.66. The quantitative estimate of drug-likeness (QED) is 0.504. The van der Waals surface area contributed by atoms with Crippen LogP contribution in [0.1, 0.15) is 36.2 Å². The van der Waals surface area contributed by atoms with E-state index in [2.05, 4.69) is 25.7 Å². The molecule has 4 rings (SSSR count). The van der Waals surface area contributed by atoms with E-state index in [4.69, 9.17) is 11.5 Å². The second-order valence-electron chi connectivity index (χ2n) is 7.16. The second kappa shape index (κ2) is 8.27. The Morgan fingerprint density at radius 2 is 1.93 bits per heavy atom. The van der Waals surface area contributed by atoms with E-state index in [-0.39, 0.29) is 17.8 Å². The number of anilines is 3. The summed E-state index contributed by atoms with van der Waals surface area (Å²) in [5, 5.41) is 10.9. The molecule has 29 heavy (non-hydrogen) atoms. The van der Waals surface area contributed by atoms with E-state index in [1.54, 1.807) is 23.3 Å². The number of carbonyl (C=O) groups excluding carboxylic acids is 1. The molecule has 0 saturated heterocycles. The minimum atomic E-state index is -0.629. The van der Waals surface area contributed by atoms with Crippen LogP contribution in [-0.2, 0) is 0 Å². The number of hydrogen-bond donors (Lipinski definition) is 4. The highest BCUT2D eigenvalue weighted by atomic mass is 16.1. The molecule has 3 aromatic rings. The van der Waals surface area contributed by atoms with Gasteiger partial charge in [0.1, 0.15) is 6.33 Å². The molecule has 9 nitrogen and oxygen atoms in total. The van der Waals surface area contributed by atoms with Crippen LogP contribution in [-0.4, -0.2) is 37.7 Å². The molecule has 1 aliphatic carbocycles. The number of primary amides is 1. The lowest BCUT2D eigenvalue weighted by Crippen LogP contribution is -2.42. The van der Waals surface area contributed by atoms with Gasteiger partial charge in [-0.1, -0.05) is 31.0 Å². The first kappa shape index (κ1) is 18.9. The fraction of sp³-hybridized carbons (Fsp3) is 0.300. The Balaban J connectivity index is 1.57. The molecule has 1 saturated carbocycles. The molecule has 6 N–H and O–H groups in total. The zero-order valence-electron chi connectivity index (χ0n) is 16.0. The van der Waals surface area contributed by atoms with E-state index in [0.717, 1.165) is 37.1 Å². The molecule has 0 unspecified atom stereocenters. The van der Waals surface area contributed by atoms with Crippen molar-refractivity contribution in [2.45, 2.75) is 37.8 Å². The van der Waals surface area contributed by atoms with Crippen LogP contribution in [0.3, 0.4) is 0 Å². The molecule has 0 spiro atoms. The van der Waals surface area contributed by atoms with Gasteiger partial charge in [-0.25, -0.2) is 9.67 Å². The molecule has 2 aromatic heterocycles. The Morgan fingerprint density at radius 1 is 1.14 bits per heavy atom. The van der Waals surface area contributed by atoms with Gasteiger partial charge in [0.05, 0.1) is 23.3 Å². The maximum Gasteiger partial charge on any atom is 0.269 e. The van der Waals surface area contributed by atoms with Gasteiger partial charge in [0.15, 0.2) is 5.69 Å². The molecule has 2 heterocycles. The van der Waals surface area contributed by atoms with Gasteiger partial charge >= 0.3 is 0 Å². The predicted molar refractivity (Wildman–Crippen MR) is 111 cm³/mol. The average Bonchev–Trinajstić information content (AvgIpc) is 3.19. The SMILES string of the molecule is NC(=O)c1ncc(N[C@@H]2CCCC[C@@H]2N)cc1Nc1ncn(-c2ccccc2)n1. The van der Waals surface area contributed by atoms with Gasteiger partial charge < -0.3 is 22.1 Å². The van der Waals surface area contributed by atoms with Crippen LogP contribution in [0.25, 0.3) is 5.69 Å². The Morgan fingerprint density at radius 3 is 2.69 bits per heavy atom. The van der Waals surface area contributed by atoms with E-state index in [1.807, 2.05) is 30.3 Å². The van der Waals surface area contributed by atoms with Gasteiger partial charge in [0, 0.05) is 12.1 Å². The summed E-state index contributed by atoms with van der Waals surface area (Å²) in [6.07, 6.45) is 7.49. The number of pyridine rings is 1. The fourth-order valence-electron chi connectivity index (χ4n) is 3.53. The Labute approximate surface area is 168 Å². The average molecular weight is 392 g/mol. The first-order valence-electron chi connectivity index (χ1n) is 9.66. The van der Waals surface area contributed by atoms with Crippen molar-refractivity contribution < 1.29 is 4.79 Å². The molecule has 150 valence electrons. The maximum absolute atomic E-state index is 11.8. The minimum Gasteiger partial charge on any atom is -0.379 e. The third kappa shape index (κ3) is 4.35. The van der Waals surface area contributed by atoms with Crippen molar-refractivity contribution in [3.63, 3.8) is 0 Å². The summed E-state index contributed by atoms with van der Waals surface area (Å²) in [6.45, 7) is 0. The van der Waals surface area contributed by atoms with Crippen molar-refractivity contribution in [1.82, 2.24) is 19.7 Å². The van der Waals surface area contributed by atoms with Gasteiger partial charge in [0.2, 0.25) is 5.95 Å². The molecule has 2 atom stereocenters. The molecule has 1 aromatic carbocycles. The highest BCUT2D eigenvalue weighted by Crippen LogP contribution is 2.25. The van der Waals surface area contributed by atoms with Crippen LogP contribution < -0.4 is 22.1 Å². The number of para-hydroxylation sites is 1. The van der Waals surface area contributed by atoms with Gasteiger partial charge in [0.25, 0.3) is 5.91 Å². The largest absolute Gasteiger partial charge is 0.379 e. The van der Waals surface area contributed by atoms with Crippen LogP contribution in [0.4, 0.5) is 17.3 Å². The lowest BCUT2D eigenvalue weighted by molar-refractivity contribution is 0.0996. The number of hydrogen-bond acceptors (Lipinski definition) is 7. The Bertz CT molecular complexity index is 987. The second-order valence-corrected chi connectivity index (χ2v) is 7.16. The van der Waals surface area contributed by atoms with Gasteiger partial charge in [-0.05, 0) is 31.0 Å². The van der Waals surface area contributed by atoms with Crippen LogP contribution in [0, 0.1) is 0 Å². The number of rotatable bonds is 6. The monoisotopic (exact) mass is 392 g/mol. The summed E-state index contributed by atoms with van der Waals surface area (Å²) in [5.41, 5.74) is 13.9. The molecule has 1 amide bonds. The summed E-state index contributed by atoms with van der Waals surface area (Å²) in [5.74, 6) is -0.291. The van der Waals surface area contributed by atoms with Crippen molar-refractivity contribution in [2.24, 2.45) is 11.5 Å². The summed E-state index contributed by atoms with van der Waals surface area (Å²) < 4.78 is 1.64. The minimum absolute atomic E-state index is 0.0965. The van der Waals surface area contributed by atoms with Crippen LogP contribution in [0.2, 0.25) is 0 Å². The first-order chi connectivity index (χ1) is 14.1. The molecular formula is C20H24N8O. The maximum atomic E-state index is 11.8. The number of nitrogens with one attached hydrogen (secondary N) is 2. The van der Waals surface area contributed by atoms with E-state index < -0.39 is 5.91 Å². The third-order valence-corrected chi connectivity index (χ3v) is 5.05. The van der Waals surface area contributed by atoms with Gasteiger partial charge in [-0.2, -0.15) is 4.98 Å². The van der Waals surface area contributed by atoms with Crippen molar-refractivity contribution >= 4 is 23.2 Å². The van der Waals surface area contributed by atoms with Crippen LogP contribution >= 0.6 is 0 Å². The molecule has 9 heteroatoms. The molecular weight excluding hydrogens is 368 g/mol. The lowest BCUT2D eigenvalue weighted by Gasteiger charge is -2.30. The zero-order valence-corrected chi connectivity index (χ0v) is 16.0. The van der Waals surface area contributed by atoms with E-state index in [9.17, 15) is 4.79 Å². The van der Waals surface area contributed by atoms with E-state index in [0.29, 0.717) is 11.6 Å². The Hall–Kier alpha value is -3.46. The van der Waals surface area contributed by atoms with Crippen molar-refractivity contribution in [1.29, 1.82) is 0 Å². The van der Waals surface area contributed by atoms with Crippen LogP contribution in [0.15, 0.2) is 48.9 Å². The van der Waals surface area contributed by atoms with Gasteiger partial charge in [-0.15, -0.1) is 5.10 Å². The summed E-state index contributed by atoms with van der Waals surface area (Å²) in [4.78, 5) is 20.3. The lowest BCUT2D eigenvalue weighted by atomic mass is 9.91. The van der Waals surface area contributed by atoms with Crippen molar-refractivity contribution in [3.8, 4) is 5.69 Å². The standard InChI is InChI=1S/C20H24N8O/c21-15-8-4-5-9-16(15)25-13-10-17(18(19(22)29)23-11-13)26-20-24-12-28(27-20)14-6-2-1-3-7-14/h1-3,6-7,10-12,15-16,25H,4-5,8-9,21H2,(H2,22,29)(H,26,27)/t15-,16+/m0/s1. The summed E-state index contributed by atoms with van der Waals surface area (Å²) in [6, 6.07) is 11.7. The molecule has 1 aliphatic rings. The highest BCUT2D eigenvalue weighted by molar-refractivity contribution is 5.97. The highest BCUT2D eigenvalue weighted by Gasteiger charge is 2.22. The number of aromatic nitrogens is 4. The van der Waals surface area contributed by atoms with Crippen LogP contribution in [0.5, 0.6) is 0 Å². The van der Waals surface area contributed by atoms with E-state index in [1.165, 1.54) is 0 Å². The van der Waals surface area contributed by atoms with Gasteiger partial charge in [-0.3, -0.25) is 4.79 Å². The normalized spacial score (nSPS) is 18.9. The van der Waals surface area contributed by atoms with E-state index >= 15 is 0 Å². The predicted octanol–water partition coefficient (Wildman–Crippen LogP) is 2.19. The number of carbonyl (C=O) groups is 1. The number of benzene rings is 1. The number of amides is 1. The number of nitrogens with two attached hydrogens (primary N) is 2. The fourth-order valence-corrected chi connectivity index (χ4v) is 3.53. The molecule has 0 radical (unpaired) electrons. The third-order valence-electron chi connectivity index (χ3n) is 5.05.